The molecule has 0 spiro atoms. The van der Waals surface area contributed by atoms with Crippen LogP contribution in [0.3, 0.4) is 0 Å². The Hall–Kier alpha value is -0.820. The average molecular weight is 433 g/mol. The van der Waals surface area contributed by atoms with Crippen molar-refractivity contribution in [3.8, 4) is 0 Å². The van der Waals surface area contributed by atoms with Crippen LogP contribution in [0.15, 0.2) is 23.1 Å². The van der Waals surface area contributed by atoms with E-state index in [0.717, 1.165) is 25.7 Å². The molecule has 0 bridgehead atoms. The Labute approximate surface area is 171 Å². The normalized spacial score (nSPS) is 23.0. The van der Waals surface area contributed by atoms with Crippen LogP contribution in [0.4, 0.5) is 0 Å². The van der Waals surface area contributed by atoms with Crippen LogP contribution in [0.2, 0.25) is 10.0 Å². The van der Waals surface area contributed by atoms with Crippen molar-refractivity contribution in [2.45, 2.75) is 62.3 Å². The number of nitrogens with one attached hydrogen (secondary N) is 1. The smallest absolute Gasteiger partial charge is 0.246 e. The molecule has 1 N–H and O–H groups in total. The van der Waals surface area contributed by atoms with Gasteiger partial charge in [-0.1, -0.05) is 55.0 Å². The Morgan fingerprint density at radius 3 is 2.26 bits per heavy atom. The summed E-state index contributed by atoms with van der Waals surface area (Å²) in [6.07, 6.45) is 8.08. The van der Waals surface area contributed by atoms with Gasteiger partial charge in [-0.25, -0.2) is 8.42 Å². The molecular weight excluding hydrogens is 407 g/mol. The number of hydrogen-bond donors (Lipinski definition) is 1. The monoisotopic (exact) mass is 432 g/mol. The summed E-state index contributed by atoms with van der Waals surface area (Å²) in [5.74, 6) is -0.370. The summed E-state index contributed by atoms with van der Waals surface area (Å²) in [6, 6.07) is 4.86. The Morgan fingerprint density at radius 1 is 1.00 bits per heavy atom. The standard InChI is InChI=1S/C19H26Cl2N2O3S/c20-16-10-5-11-17(21)18(16)27(25,26)23-12-6-7-14(13-23)19(24)22-15-8-3-1-2-4-9-15/h5,10-11,14-15H,1-4,6-9,12-13H2,(H,22,24). The molecule has 1 aliphatic carbocycles. The van der Waals surface area contributed by atoms with Crippen molar-refractivity contribution in [3.05, 3.63) is 28.2 Å². The van der Waals surface area contributed by atoms with Crippen LogP contribution in [-0.4, -0.2) is 37.8 Å². The van der Waals surface area contributed by atoms with Crippen molar-refractivity contribution in [2.24, 2.45) is 5.92 Å². The topological polar surface area (TPSA) is 66.5 Å². The molecule has 27 heavy (non-hydrogen) atoms. The minimum Gasteiger partial charge on any atom is -0.353 e. The van der Waals surface area contributed by atoms with Gasteiger partial charge in [0, 0.05) is 19.1 Å². The second-order valence-electron chi connectivity index (χ2n) is 7.45. The molecule has 0 radical (unpaired) electrons. The number of piperidine rings is 1. The molecule has 1 atom stereocenters. The van der Waals surface area contributed by atoms with Gasteiger partial charge in [0.15, 0.2) is 0 Å². The van der Waals surface area contributed by atoms with E-state index in [4.69, 9.17) is 23.2 Å². The van der Waals surface area contributed by atoms with E-state index < -0.39 is 10.0 Å². The first kappa shape index (κ1) is 20.9. The Kier molecular flexibility index (Phi) is 7.06. The molecule has 1 aromatic rings. The SMILES string of the molecule is O=C(NC1CCCCCC1)C1CCCN(S(=O)(=O)c2c(Cl)cccc2Cl)C1. The molecule has 2 fully saturated rings. The molecule has 1 aliphatic heterocycles. The van der Waals surface area contributed by atoms with Crippen molar-refractivity contribution >= 4 is 39.1 Å². The first-order chi connectivity index (χ1) is 12.9. The van der Waals surface area contributed by atoms with Crippen LogP contribution < -0.4 is 5.32 Å². The van der Waals surface area contributed by atoms with Gasteiger partial charge in [-0.05, 0) is 37.8 Å². The first-order valence-corrected chi connectivity index (χ1v) is 11.8. The molecule has 3 rings (SSSR count). The lowest BCUT2D eigenvalue weighted by Gasteiger charge is -2.32. The van der Waals surface area contributed by atoms with E-state index in [-0.39, 0.29) is 39.4 Å². The maximum atomic E-state index is 13.1. The molecular formula is C19H26Cl2N2O3S. The number of nitrogens with zero attached hydrogens (tertiary/aromatic N) is 1. The van der Waals surface area contributed by atoms with Gasteiger partial charge in [0.05, 0.1) is 16.0 Å². The van der Waals surface area contributed by atoms with Crippen LogP contribution in [0.1, 0.15) is 51.4 Å². The molecule has 5 nitrogen and oxygen atoms in total. The Morgan fingerprint density at radius 2 is 1.63 bits per heavy atom. The maximum absolute atomic E-state index is 13.1. The first-order valence-electron chi connectivity index (χ1n) is 9.64. The highest BCUT2D eigenvalue weighted by atomic mass is 35.5. The molecule has 8 heteroatoms. The third-order valence-electron chi connectivity index (χ3n) is 5.47. The van der Waals surface area contributed by atoms with Crippen LogP contribution in [0.5, 0.6) is 0 Å². The van der Waals surface area contributed by atoms with E-state index in [2.05, 4.69) is 5.32 Å². The molecule has 150 valence electrons. The van der Waals surface area contributed by atoms with Gasteiger partial charge in [0.25, 0.3) is 0 Å². The number of amides is 1. The number of hydrogen-bond acceptors (Lipinski definition) is 3. The predicted octanol–water partition coefficient (Wildman–Crippen LogP) is 4.23. The number of benzene rings is 1. The Bertz CT molecular complexity index is 757. The van der Waals surface area contributed by atoms with Gasteiger partial charge in [0.1, 0.15) is 4.90 Å². The highest BCUT2D eigenvalue weighted by Crippen LogP contribution is 2.33. The van der Waals surface area contributed by atoms with Crippen molar-refractivity contribution in [3.63, 3.8) is 0 Å². The largest absolute Gasteiger partial charge is 0.353 e. The summed E-state index contributed by atoms with van der Waals surface area (Å²) < 4.78 is 27.5. The zero-order chi connectivity index (χ0) is 19.4. The van der Waals surface area contributed by atoms with E-state index in [1.807, 2.05) is 0 Å². The second kappa shape index (κ2) is 9.12. The predicted molar refractivity (Wildman–Crippen MR) is 108 cm³/mol. The van der Waals surface area contributed by atoms with Crippen molar-refractivity contribution in [2.75, 3.05) is 13.1 Å². The number of halogens is 2. The second-order valence-corrected chi connectivity index (χ2v) is 10.1. The average Bonchev–Trinajstić information content (AvgIpc) is 2.90. The lowest BCUT2D eigenvalue weighted by molar-refractivity contribution is -0.126. The summed E-state index contributed by atoms with van der Waals surface area (Å²) in [7, 11) is -3.84. The van der Waals surface area contributed by atoms with Gasteiger partial charge >= 0.3 is 0 Å². The van der Waals surface area contributed by atoms with Gasteiger partial charge < -0.3 is 5.32 Å². The zero-order valence-corrected chi connectivity index (χ0v) is 17.6. The van der Waals surface area contributed by atoms with Crippen LogP contribution in [0, 0.1) is 5.92 Å². The van der Waals surface area contributed by atoms with Gasteiger partial charge in [0.2, 0.25) is 15.9 Å². The van der Waals surface area contributed by atoms with Crippen LogP contribution >= 0.6 is 23.2 Å². The molecule has 1 saturated carbocycles. The highest BCUT2D eigenvalue weighted by Gasteiger charge is 2.35. The lowest BCUT2D eigenvalue weighted by atomic mass is 9.97. The van der Waals surface area contributed by atoms with Gasteiger partial charge in [-0.3, -0.25) is 4.79 Å². The van der Waals surface area contributed by atoms with Crippen molar-refractivity contribution in [1.82, 2.24) is 9.62 Å². The van der Waals surface area contributed by atoms with E-state index in [1.54, 1.807) is 6.07 Å². The molecule has 1 aromatic carbocycles. The summed E-state index contributed by atoms with van der Waals surface area (Å²) in [5.41, 5.74) is 0. The van der Waals surface area contributed by atoms with E-state index in [9.17, 15) is 13.2 Å². The molecule has 2 aliphatic rings. The van der Waals surface area contributed by atoms with E-state index in [1.165, 1.54) is 29.3 Å². The highest BCUT2D eigenvalue weighted by molar-refractivity contribution is 7.89. The maximum Gasteiger partial charge on any atom is 0.246 e. The fraction of sp³-hybridized carbons (Fsp3) is 0.632. The number of rotatable bonds is 4. The molecule has 1 heterocycles. The number of carbonyl (C=O) groups is 1. The third-order valence-corrected chi connectivity index (χ3v) is 8.29. The fourth-order valence-corrected chi connectivity index (χ4v) is 6.59. The molecule has 1 unspecified atom stereocenters. The molecule has 1 saturated heterocycles. The summed E-state index contributed by atoms with van der Waals surface area (Å²) in [5, 5.41) is 3.36. The Balaban J connectivity index is 1.70. The summed E-state index contributed by atoms with van der Waals surface area (Å²) in [6.45, 7) is 0.541. The summed E-state index contributed by atoms with van der Waals surface area (Å²) in [4.78, 5) is 12.7. The van der Waals surface area contributed by atoms with Crippen LogP contribution in [0.25, 0.3) is 0 Å². The molecule has 1 amide bonds. The van der Waals surface area contributed by atoms with E-state index in [0.29, 0.717) is 19.4 Å². The fourth-order valence-electron chi connectivity index (χ4n) is 3.98. The lowest BCUT2D eigenvalue weighted by Crippen LogP contribution is -2.47. The van der Waals surface area contributed by atoms with E-state index >= 15 is 0 Å². The quantitative estimate of drug-likeness (QED) is 0.723. The van der Waals surface area contributed by atoms with Gasteiger partial charge in [-0.2, -0.15) is 4.31 Å². The minimum absolute atomic E-state index is 0.0351. The molecule has 0 aromatic heterocycles. The number of carbonyl (C=O) groups excluding carboxylic acids is 1. The van der Waals surface area contributed by atoms with Gasteiger partial charge in [-0.15, -0.1) is 0 Å². The van der Waals surface area contributed by atoms with Crippen molar-refractivity contribution < 1.29 is 13.2 Å². The summed E-state index contributed by atoms with van der Waals surface area (Å²) >= 11 is 12.2. The zero-order valence-electron chi connectivity index (χ0n) is 15.3. The van der Waals surface area contributed by atoms with Crippen LogP contribution in [-0.2, 0) is 14.8 Å². The third kappa shape index (κ3) is 4.97. The minimum atomic E-state index is -3.84. The van der Waals surface area contributed by atoms with Crippen molar-refractivity contribution in [1.29, 1.82) is 0 Å². The number of sulfonamides is 1.